The molecule has 0 spiro atoms. The Labute approximate surface area is 207 Å². The van der Waals surface area contributed by atoms with Gasteiger partial charge in [0.25, 0.3) is 10.0 Å². The Balaban J connectivity index is 1.61. The molecule has 2 N–H and O–H groups in total. The first-order chi connectivity index (χ1) is 16.2. The zero-order valence-electron chi connectivity index (χ0n) is 18.3. The van der Waals surface area contributed by atoms with Crippen LogP contribution in [0.5, 0.6) is 0 Å². The molecule has 0 radical (unpaired) electrons. The van der Waals surface area contributed by atoms with Crippen molar-refractivity contribution in [1.82, 2.24) is 15.2 Å². The monoisotopic (exact) mass is 516 g/mol. The fraction of sp³-hybridized carbons (Fsp3) is 0.227. The fourth-order valence-corrected chi connectivity index (χ4v) is 4.71. The lowest BCUT2D eigenvalue weighted by atomic mass is 10.1. The van der Waals surface area contributed by atoms with E-state index < -0.39 is 10.0 Å². The van der Waals surface area contributed by atoms with Crippen molar-refractivity contribution in [2.24, 2.45) is 5.92 Å². The summed E-state index contributed by atoms with van der Waals surface area (Å²) in [5, 5.41) is 19.9. The summed E-state index contributed by atoms with van der Waals surface area (Å²) >= 11 is 6.83. The molecule has 0 saturated carbocycles. The van der Waals surface area contributed by atoms with Crippen molar-refractivity contribution < 1.29 is 13.2 Å². The maximum Gasteiger partial charge on any atom is 0.263 e. The Morgan fingerprint density at radius 1 is 1.12 bits per heavy atom. The van der Waals surface area contributed by atoms with Crippen molar-refractivity contribution in [2.75, 3.05) is 15.8 Å². The first-order valence-corrected chi connectivity index (χ1v) is 13.0. The number of carbonyl (C=O) groups is 1. The molecule has 176 valence electrons. The van der Waals surface area contributed by atoms with Gasteiger partial charge in [-0.1, -0.05) is 37.2 Å². The van der Waals surface area contributed by atoms with Crippen LogP contribution in [0.1, 0.15) is 25.1 Å². The van der Waals surface area contributed by atoms with E-state index in [1.165, 1.54) is 48.2 Å². The summed E-state index contributed by atoms with van der Waals surface area (Å²) in [7, 11) is -3.89. The number of carbonyl (C=O) groups excluding carboxylic acids is 1. The lowest BCUT2D eigenvalue weighted by Crippen LogP contribution is -2.16. The summed E-state index contributed by atoms with van der Waals surface area (Å²) < 4.78 is 27.3. The molecule has 0 fully saturated rings. The standard InChI is InChI=1S/C22H21ClN6O3S2/c1-14(2)11-17-4-3-15(12-24)22(26-17)33-13-21(30)25-16-5-7-18(8-6-16)34(31,32)29-20-10-9-19(23)27-28-20/h3-10,14H,11,13H2,1-2H3,(H,25,30)(H,28,29). The third-order valence-electron chi connectivity index (χ3n) is 4.32. The maximum absolute atomic E-state index is 12.5. The van der Waals surface area contributed by atoms with E-state index in [2.05, 4.69) is 45.1 Å². The third kappa shape index (κ3) is 7.15. The molecule has 0 bridgehead atoms. The average Bonchev–Trinajstić information content (AvgIpc) is 2.79. The molecule has 0 atom stereocenters. The van der Waals surface area contributed by atoms with Crippen LogP contribution in [0, 0.1) is 17.2 Å². The Morgan fingerprint density at radius 2 is 1.85 bits per heavy atom. The minimum Gasteiger partial charge on any atom is -0.325 e. The van der Waals surface area contributed by atoms with Gasteiger partial charge in [-0.15, -0.1) is 10.2 Å². The highest BCUT2D eigenvalue weighted by atomic mass is 35.5. The number of pyridine rings is 1. The van der Waals surface area contributed by atoms with E-state index in [-0.39, 0.29) is 27.5 Å². The van der Waals surface area contributed by atoms with Gasteiger partial charge in [0.2, 0.25) is 5.91 Å². The Hall–Kier alpha value is -3.20. The molecule has 2 aromatic heterocycles. The van der Waals surface area contributed by atoms with Gasteiger partial charge in [0.1, 0.15) is 11.1 Å². The van der Waals surface area contributed by atoms with E-state index in [1.807, 2.05) is 6.07 Å². The maximum atomic E-state index is 12.5. The minimum atomic E-state index is -3.89. The smallest absolute Gasteiger partial charge is 0.263 e. The number of thioether (sulfide) groups is 1. The van der Waals surface area contributed by atoms with Crippen LogP contribution in [0.4, 0.5) is 11.5 Å². The number of aromatic nitrogens is 3. The second-order valence-corrected chi connectivity index (χ2v) is 10.6. The van der Waals surface area contributed by atoms with Gasteiger partial charge in [0.15, 0.2) is 11.0 Å². The number of rotatable bonds is 9. The Morgan fingerprint density at radius 3 is 2.47 bits per heavy atom. The molecule has 3 rings (SSSR count). The molecule has 34 heavy (non-hydrogen) atoms. The molecule has 1 amide bonds. The van der Waals surface area contributed by atoms with Crippen molar-refractivity contribution in [3.05, 3.63) is 64.9 Å². The number of nitrogens with one attached hydrogen (secondary N) is 2. The second-order valence-electron chi connectivity index (χ2n) is 7.57. The van der Waals surface area contributed by atoms with Gasteiger partial charge in [-0.3, -0.25) is 9.52 Å². The Bertz CT molecular complexity index is 1310. The third-order valence-corrected chi connectivity index (χ3v) is 6.88. The van der Waals surface area contributed by atoms with E-state index in [4.69, 9.17) is 11.6 Å². The normalized spacial score (nSPS) is 11.1. The van der Waals surface area contributed by atoms with Crippen LogP contribution >= 0.6 is 23.4 Å². The zero-order chi connectivity index (χ0) is 24.7. The van der Waals surface area contributed by atoms with Crippen LogP contribution in [0.3, 0.4) is 0 Å². The number of benzene rings is 1. The van der Waals surface area contributed by atoms with E-state index in [0.29, 0.717) is 22.2 Å². The van der Waals surface area contributed by atoms with Crippen molar-refractivity contribution >= 4 is 50.8 Å². The number of halogens is 1. The first kappa shape index (κ1) is 25.4. The van der Waals surface area contributed by atoms with Crippen LogP contribution in [0.2, 0.25) is 5.15 Å². The van der Waals surface area contributed by atoms with Crippen LogP contribution < -0.4 is 10.0 Å². The van der Waals surface area contributed by atoms with Gasteiger partial charge < -0.3 is 5.32 Å². The number of anilines is 2. The molecule has 1 aromatic carbocycles. The highest BCUT2D eigenvalue weighted by molar-refractivity contribution is 8.00. The quantitative estimate of drug-likeness (QED) is 0.405. The molecule has 9 nitrogen and oxygen atoms in total. The Kier molecular flexibility index (Phi) is 8.44. The summed E-state index contributed by atoms with van der Waals surface area (Å²) in [4.78, 5) is 16.9. The minimum absolute atomic E-state index is 0.0125. The van der Waals surface area contributed by atoms with Crippen LogP contribution in [-0.4, -0.2) is 35.3 Å². The lowest BCUT2D eigenvalue weighted by Gasteiger charge is -2.10. The molecule has 2 heterocycles. The predicted octanol–water partition coefficient (Wildman–Crippen LogP) is 4.13. The number of hydrogen-bond donors (Lipinski definition) is 2. The summed E-state index contributed by atoms with van der Waals surface area (Å²) in [5.41, 5.74) is 1.71. The number of sulfonamides is 1. The van der Waals surface area contributed by atoms with Crippen molar-refractivity contribution in [3.8, 4) is 6.07 Å². The summed E-state index contributed by atoms with van der Waals surface area (Å²) in [6.45, 7) is 4.16. The molecule has 12 heteroatoms. The van der Waals surface area contributed by atoms with Crippen LogP contribution in [0.25, 0.3) is 0 Å². The van der Waals surface area contributed by atoms with E-state index in [0.717, 1.165) is 12.1 Å². The first-order valence-electron chi connectivity index (χ1n) is 10.1. The van der Waals surface area contributed by atoms with Crippen molar-refractivity contribution in [3.63, 3.8) is 0 Å². The SMILES string of the molecule is CC(C)Cc1ccc(C#N)c(SCC(=O)Nc2ccc(S(=O)(=O)Nc3ccc(Cl)nn3)cc2)n1. The number of hydrogen-bond acceptors (Lipinski definition) is 8. The molecule has 0 aliphatic heterocycles. The topological polar surface area (TPSA) is 138 Å². The van der Waals surface area contributed by atoms with Crippen LogP contribution in [0.15, 0.2) is 58.5 Å². The van der Waals surface area contributed by atoms with Gasteiger partial charge in [0.05, 0.1) is 16.2 Å². The van der Waals surface area contributed by atoms with Gasteiger partial charge in [-0.25, -0.2) is 13.4 Å². The zero-order valence-corrected chi connectivity index (χ0v) is 20.7. The average molecular weight is 517 g/mol. The molecular weight excluding hydrogens is 496 g/mol. The number of nitrogens with zero attached hydrogens (tertiary/aromatic N) is 4. The number of amides is 1. The van der Waals surface area contributed by atoms with Crippen molar-refractivity contribution in [1.29, 1.82) is 5.26 Å². The van der Waals surface area contributed by atoms with E-state index in [1.54, 1.807) is 6.07 Å². The molecular formula is C22H21ClN6O3S2. The van der Waals surface area contributed by atoms with Crippen molar-refractivity contribution in [2.45, 2.75) is 30.2 Å². The molecule has 0 saturated heterocycles. The second kappa shape index (κ2) is 11.3. The summed E-state index contributed by atoms with van der Waals surface area (Å²) in [6, 6.07) is 14.1. The van der Waals surface area contributed by atoms with Gasteiger partial charge in [0, 0.05) is 11.4 Å². The predicted molar refractivity (Wildman–Crippen MR) is 131 cm³/mol. The van der Waals surface area contributed by atoms with E-state index >= 15 is 0 Å². The van der Waals surface area contributed by atoms with E-state index in [9.17, 15) is 18.5 Å². The van der Waals surface area contributed by atoms with Gasteiger partial charge in [-0.2, -0.15) is 5.26 Å². The molecule has 0 unspecified atom stereocenters. The molecule has 0 aliphatic rings. The van der Waals surface area contributed by atoms with Gasteiger partial charge >= 0.3 is 0 Å². The lowest BCUT2D eigenvalue weighted by molar-refractivity contribution is -0.113. The highest BCUT2D eigenvalue weighted by Gasteiger charge is 2.16. The van der Waals surface area contributed by atoms with Gasteiger partial charge in [-0.05, 0) is 60.9 Å². The molecule has 0 aliphatic carbocycles. The highest BCUT2D eigenvalue weighted by Crippen LogP contribution is 2.23. The van der Waals surface area contributed by atoms with Crippen LogP contribution in [-0.2, 0) is 21.2 Å². The number of nitriles is 1. The summed E-state index contributed by atoms with van der Waals surface area (Å²) in [6.07, 6.45) is 0.778. The fourth-order valence-electron chi connectivity index (χ4n) is 2.82. The molecule has 3 aromatic rings. The largest absolute Gasteiger partial charge is 0.325 e. The summed E-state index contributed by atoms with van der Waals surface area (Å²) in [5.74, 6) is 0.184.